The van der Waals surface area contributed by atoms with Gasteiger partial charge in [0.2, 0.25) is 0 Å². The van der Waals surface area contributed by atoms with Crippen molar-refractivity contribution < 1.29 is 0 Å². The van der Waals surface area contributed by atoms with Crippen LogP contribution >= 0.6 is 0 Å². The van der Waals surface area contributed by atoms with Crippen molar-refractivity contribution in [1.82, 2.24) is 10.3 Å². The van der Waals surface area contributed by atoms with Crippen LogP contribution in [0.3, 0.4) is 0 Å². The second-order valence-electron chi connectivity index (χ2n) is 4.27. The van der Waals surface area contributed by atoms with E-state index in [0.29, 0.717) is 0 Å². The molecule has 0 aliphatic heterocycles. The van der Waals surface area contributed by atoms with E-state index < -0.39 is 0 Å². The first kappa shape index (κ1) is 13.2. The van der Waals surface area contributed by atoms with Crippen LogP contribution in [0.1, 0.15) is 51.1 Å². The summed E-state index contributed by atoms with van der Waals surface area (Å²) < 4.78 is 0. The Balaban J connectivity index is 1.89. The number of pyridine rings is 1. The van der Waals surface area contributed by atoms with E-state index in [9.17, 15) is 0 Å². The maximum absolute atomic E-state index is 4.27. The highest BCUT2D eigenvalue weighted by atomic mass is 14.9. The maximum atomic E-state index is 4.27. The van der Waals surface area contributed by atoms with E-state index in [1.165, 1.54) is 38.5 Å². The van der Waals surface area contributed by atoms with Crippen LogP contribution in [0.15, 0.2) is 24.4 Å². The third-order valence-corrected chi connectivity index (χ3v) is 2.74. The van der Waals surface area contributed by atoms with Crippen molar-refractivity contribution in [2.75, 3.05) is 6.54 Å². The number of unbranched alkanes of at least 4 members (excludes halogenated alkanes) is 5. The molecule has 1 aromatic heterocycles. The van der Waals surface area contributed by atoms with E-state index in [-0.39, 0.29) is 0 Å². The summed E-state index contributed by atoms with van der Waals surface area (Å²) in [6.45, 7) is 4.27. The molecule has 1 rings (SSSR count). The molecule has 0 aliphatic rings. The molecule has 1 aromatic rings. The largest absolute Gasteiger partial charge is 0.311 e. The number of hydrogen-bond donors (Lipinski definition) is 1. The predicted molar refractivity (Wildman–Crippen MR) is 69.3 cm³/mol. The Morgan fingerprint density at radius 2 is 1.88 bits per heavy atom. The zero-order valence-electron chi connectivity index (χ0n) is 10.4. The van der Waals surface area contributed by atoms with E-state index in [1.807, 2.05) is 18.3 Å². The quantitative estimate of drug-likeness (QED) is 0.644. The van der Waals surface area contributed by atoms with Crippen molar-refractivity contribution in [3.05, 3.63) is 30.1 Å². The molecule has 0 saturated carbocycles. The summed E-state index contributed by atoms with van der Waals surface area (Å²) in [5.41, 5.74) is 1.13. The first-order valence-electron chi connectivity index (χ1n) is 6.54. The zero-order chi connectivity index (χ0) is 11.5. The summed E-state index contributed by atoms with van der Waals surface area (Å²) in [5.74, 6) is 0. The fourth-order valence-corrected chi connectivity index (χ4v) is 1.75. The highest BCUT2D eigenvalue weighted by Gasteiger charge is 1.92. The van der Waals surface area contributed by atoms with E-state index in [4.69, 9.17) is 0 Å². The third kappa shape index (κ3) is 6.57. The summed E-state index contributed by atoms with van der Waals surface area (Å²) in [4.78, 5) is 4.27. The number of aromatic nitrogens is 1. The molecule has 0 saturated heterocycles. The maximum Gasteiger partial charge on any atom is 0.0541 e. The Morgan fingerprint density at radius 3 is 2.62 bits per heavy atom. The topological polar surface area (TPSA) is 24.9 Å². The molecule has 0 fully saturated rings. The van der Waals surface area contributed by atoms with Gasteiger partial charge in [0.15, 0.2) is 0 Å². The highest BCUT2D eigenvalue weighted by Crippen LogP contribution is 2.04. The van der Waals surface area contributed by atoms with Crippen LogP contribution in [-0.2, 0) is 6.54 Å². The van der Waals surface area contributed by atoms with Gasteiger partial charge >= 0.3 is 0 Å². The molecule has 1 N–H and O–H groups in total. The van der Waals surface area contributed by atoms with Gasteiger partial charge in [-0.2, -0.15) is 0 Å². The molecule has 0 aliphatic carbocycles. The Bertz CT molecular complexity index is 246. The van der Waals surface area contributed by atoms with E-state index >= 15 is 0 Å². The van der Waals surface area contributed by atoms with Crippen LogP contribution in [0.25, 0.3) is 0 Å². The van der Waals surface area contributed by atoms with Crippen LogP contribution in [-0.4, -0.2) is 11.5 Å². The van der Waals surface area contributed by atoms with E-state index in [1.54, 1.807) is 0 Å². The molecule has 90 valence electrons. The van der Waals surface area contributed by atoms with Crippen LogP contribution in [0.2, 0.25) is 0 Å². The number of nitrogens with zero attached hydrogens (tertiary/aromatic N) is 1. The Kier molecular flexibility index (Phi) is 7.70. The van der Waals surface area contributed by atoms with Crippen molar-refractivity contribution >= 4 is 0 Å². The smallest absolute Gasteiger partial charge is 0.0541 e. The SMILES string of the molecule is CCCCCCCCNCc1ccccn1. The van der Waals surface area contributed by atoms with Gasteiger partial charge < -0.3 is 5.32 Å². The van der Waals surface area contributed by atoms with Crippen molar-refractivity contribution in [2.45, 2.75) is 52.0 Å². The molecule has 0 atom stereocenters. The van der Waals surface area contributed by atoms with Crippen molar-refractivity contribution in [1.29, 1.82) is 0 Å². The summed E-state index contributed by atoms with van der Waals surface area (Å²) in [6, 6.07) is 6.06. The lowest BCUT2D eigenvalue weighted by Gasteiger charge is -2.04. The summed E-state index contributed by atoms with van der Waals surface area (Å²) in [6.07, 6.45) is 10.0. The lowest BCUT2D eigenvalue weighted by Crippen LogP contribution is -2.15. The van der Waals surface area contributed by atoms with Gasteiger partial charge in [0.25, 0.3) is 0 Å². The minimum atomic E-state index is 0.899. The molecule has 0 bridgehead atoms. The lowest BCUT2D eigenvalue weighted by atomic mass is 10.1. The van der Waals surface area contributed by atoms with Gasteiger partial charge in [0.1, 0.15) is 0 Å². The van der Waals surface area contributed by atoms with Gasteiger partial charge in [-0.05, 0) is 25.1 Å². The van der Waals surface area contributed by atoms with Gasteiger partial charge in [0, 0.05) is 12.7 Å². The Hall–Kier alpha value is -0.890. The molecule has 0 unspecified atom stereocenters. The van der Waals surface area contributed by atoms with Crippen LogP contribution in [0.4, 0.5) is 0 Å². The molecule has 0 amide bonds. The van der Waals surface area contributed by atoms with Crippen molar-refractivity contribution in [2.24, 2.45) is 0 Å². The minimum Gasteiger partial charge on any atom is -0.311 e. The summed E-state index contributed by atoms with van der Waals surface area (Å²) in [5, 5.41) is 3.43. The molecule has 0 aromatic carbocycles. The highest BCUT2D eigenvalue weighted by molar-refractivity contribution is 5.02. The van der Waals surface area contributed by atoms with Crippen molar-refractivity contribution in [3.63, 3.8) is 0 Å². The minimum absolute atomic E-state index is 0.899. The number of hydrogen-bond acceptors (Lipinski definition) is 2. The fraction of sp³-hybridized carbons (Fsp3) is 0.643. The lowest BCUT2D eigenvalue weighted by molar-refractivity contribution is 0.569. The number of nitrogens with one attached hydrogen (secondary N) is 1. The van der Waals surface area contributed by atoms with Crippen molar-refractivity contribution in [3.8, 4) is 0 Å². The molecular formula is C14H24N2. The molecule has 16 heavy (non-hydrogen) atoms. The average molecular weight is 220 g/mol. The van der Waals surface area contributed by atoms with Crippen LogP contribution in [0.5, 0.6) is 0 Å². The number of rotatable bonds is 9. The van der Waals surface area contributed by atoms with Crippen LogP contribution < -0.4 is 5.32 Å². The van der Waals surface area contributed by atoms with Gasteiger partial charge in [-0.25, -0.2) is 0 Å². The van der Waals surface area contributed by atoms with Gasteiger partial charge in [-0.1, -0.05) is 45.1 Å². The second-order valence-corrected chi connectivity index (χ2v) is 4.27. The Morgan fingerprint density at radius 1 is 1.06 bits per heavy atom. The fourth-order valence-electron chi connectivity index (χ4n) is 1.75. The molecule has 0 spiro atoms. The monoisotopic (exact) mass is 220 g/mol. The van der Waals surface area contributed by atoms with Gasteiger partial charge in [0.05, 0.1) is 5.69 Å². The predicted octanol–water partition coefficient (Wildman–Crippen LogP) is 3.53. The van der Waals surface area contributed by atoms with E-state index in [2.05, 4.69) is 23.3 Å². The first-order chi connectivity index (χ1) is 7.93. The average Bonchev–Trinajstić information content (AvgIpc) is 2.34. The van der Waals surface area contributed by atoms with Crippen LogP contribution in [0, 0.1) is 0 Å². The summed E-state index contributed by atoms with van der Waals surface area (Å²) in [7, 11) is 0. The molecule has 2 nitrogen and oxygen atoms in total. The Labute approximate surface area is 99.5 Å². The molecule has 1 heterocycles. The van der Waals surface area contributed by atoms with E-state index in [0.717, 1.165) is 18.8 Å². The normalized spacial score (nSPS) is 10.6. The summed E-state index contributed by atoms with van der Waals surface area (Å²) >= 11 is 0. The standard InChI is InChI=1S/C14H24N2/c1-2-3-4-5-6-8-11-15-13-14-10-7-9-12-16-14/h7,9-10,12,15H,2-6,8,11,13H2,1H3. The second kappa shape index (κ2) is 9.34. The molecule has 2 heteroatoms. The molecular weight excluding hydrogens is 196 g/mol. The third-order valence-electron chi connectivity index (χ3n) is 2.74. The van der Waals surface area contributed by atoms with Gasteiger partial charge in [-0.3, -0.25) is 4.98 Å². The first-order valence-corrected chi connectivity index (χ1v) is 6.54. The molecule has 0 radical (unpaired) electrons. The zero-order valence-corrected chi connectivity index (χ0v) is 10.4. The van der Waals surface area contributed by atoms with Gasteiger partial charge in [-0.15, -0.1) is 0 Å².